The fraction of sp³-hybridized carbons (Fsp3) is 0.364. The molecule has 2 heterocycles. The Kier molecular flexibility index (Phi) is 5.19. The number of fused-ring (bicyclic) bond motifs is 2. The average Bonchev–Trinajstić information content (AvgIpc) is 3.06. The van der Waals surface area contributed by atoms with Crippen molar-refractivity contribution in [1.82, 2.24) is 10.2 Å². The van der Waals surface area contributed by atoms with Gasteiger partial charge in [0.05, 0.1) is 13.7 Å². The molecule has 2 aromatic rings. The van der Waals surface area contributed by atoms with E-state index < -0.39 is 0 Å². The standard InChI is InChI=1S/C22H24N2O4/c1-27-19-8-4-6-16-11-15(14-28-21(16)19)12-23-20(25)9-10-24-13-17-5-2-3-7-18(17)22(24)26/h2-8,15H,9-14H2,1H3,(H,23,25)/t15-/m1/s1. The van der Waals surface area contributed by atoms with E-state index in [1.165, 1.54) is 0 Å². The first-order chi connectivity index (χ1) is 13.7. The summed E-state index contributed by atoms with van der Waals surface area (Å²) in [5.74, 6) is 1.74. The maximum Gasteiger partial charge on any atom is 0.254 e. The summed E-state index contributed by atoms with van der Waals surface area (Å²) in [6, 6.07) is 13.5. The van der Waals surface area contributed by atoms with Gasteiger partial charge in [-0.25, -0.2) is 0 Å². The molecule has 4 rings (SSSR count). The van der Waals surface area contributed by atoms with E-state index >= 15 is 0 Å². The lowest BCUT2D eigenvalue weighted by molar-refractivity contribution is -0.121. The topological polar surface area (TPSA) is 67.9 Å². The summed E-state index contributed by atoms with van der Waals surface area (Å²) in [7, 11) is 1.63. The number of hydrogen-bond donors (Lipinski definition) is 1. The molecule has 28 heavy (non-hydrogen) atoms. The minimum absolute atomic E-state index is 0.00892. The quantitative estimate of drug-likeness (QED) is 0.836. The molecule has 2 aliphatic rings. The highest BCUT2D eigenvalue weighted by Gasteiger charge is 2.27. The van der Waals surface area contributed by atoms with Crippen LogP contribution < -0.4 is 14.8 Å². The molecule has 6 nitrogen and oxygen atoms in total. The van der Waals surface area contributed by atoms with Gasteiger partial charge in [-0.2, -0.15) is 0 Å². The van der Waals surface area contributed by atoms with Crippen LogP contribution in [0, 0.1) is 5.92 Å². The molecule has 0 spiro atoms. The predicted molar refractivity (Wildman–Crippen MR) is 104 cm³/mol. The third-order valence-electron chi connectivity index (χ3n) is 5.35. The van der Waals surface area contributed by atoms with Crippen LogP contribution in [-0.2, 0) is 17.8 Å². The van der Waals surface area contributed by atoms with Crippen LogP contribution in [-0.4, -0.2) is 43.5 Å². The molecule has 0 saturated carbocycles. The molecule has 1 N–H and O–H groups in total. The molecular formula is C22H24N2O4. The minimum atomic E-state index is -0.0415. The van der Waals surface area contributed by atoms with E-state index in [1.807, 2.05) is 42.5 Å². The number of carbonyl (C=O) groups is 2. The average molecular weight is 380 g/mol. The van der Waals surface area contributed by atoms with Crippen molar-refractivity contribution in [3.8, 4) is 11.5 Å². The molecule has 0 fully saturated rings. The van der Waals surface area contributed by atoms with Gasteiger partial charge in [-0.15, -0.1) is 0 Å². The molecule has 6 heteroatoms. The summed E-state index contributed by atoms with van der Waals surface area (Å²) >= 11 is 0. The highest BCUT2D eigenvalue weighted by Crippen LogP contribution is 2.35. The van der Waals surface area contributed by atoms with Crippen molar-refractivity contribution >= 4 is 11.8 Å². The summed E-state index contributed by atoms with van der Waals surface area (Å²) in [4.78, 5) is 26.3. The Labute approximate surface area is 164 Å². The van der Waals surface area contributed by atoms with E-state index in [0.29, 0.717) is 32.7 Å². The van der Waals surface area contributed by atoms with Crippen molar-refractivity contribution in [2.75, 3.05) is 26.8 Å². The molecule has 0 aliphatic carbocycles. The summed E-state index contributed by atoms with van der Waals surface area (Å²) in [6.07, 6.45) is 1.14. The van der Waals surface area contributed by atoms with E-state index in [0.717, 1.165) is 34.6 Å². The number of methoxy groups -OCH3 is 1. The largest absolute Gasteiger partial charge is 0.493 e. The van der Waals surface area contributed by atoms with Gasteiger partial charge in [0.15, 0.2) is 11.5 Å². The second-order valence-electron chi connectivity index (χ2n) is 7.27. The minimum Gasteiger partial charge on any atom is -0.493 e. The Morgan fingerprint density at radius 2 is 2.04 bits per heavy atom. The maximum absolute atomic E-state index is 12.4. The zero-order valence-corrected chi connectivity index (χ0v) is 15.9. The molecular weight excluding hydrogens is 356 g/mol. The number of carbonyl (C=O) groups excluding carboxylic acids is 2. The Bertz CT molecular complexity index is 896. The molecule has 0 saturated heterocycles. The first kappa shape index (κ1) is 18.3. The lowest BCUT2D eigenvalue weighted by atomic mass is 9.96. The van der Waals surface area contributed by atoms with Gasteiger partial charge in [0.2, 0.25) is 5.91 Å². The predicted octanol–water partition coefficient (Wildman–Crippen LogP) is 2.41. The molecule has 146 valence electrons. The van der Waals surface area contributed by atoms with E-state index in [2.05, 4.69) is 5.32 Å². The number of hydrogen-bond acceptors (Lipinski definition) is 4. The Morgan fingerprint density at radius 1 is 1.21 bits per heavy atom. The zero-order valence-electron chi connectivity index (χ0n) is 15.9. The van der Waals surface area contributed by atoms with Crippen molar-refractivity contribution in [2.45, 2.75) is 19.4 Å². The van der Waals surface area contributed by atoms with Crippen LogP contribution in [0.4, 0.5) is 0 Å². The second-order valence-corrected chi connectivity index (χ2v) is 7.27. The van der Waals surface area contributed by atoms with Crippen LogP contribution in [0.3, 0.4) is 0 Å². The van der Waals surface area contributed by atoms with Crippen molar-refractivity contribution < 1.29 is 19.1 Å². The Morgan fingerprint density at radius 3 is 2.86 bits per heavy atom. The van der Waals surface area contributed by atoms with E-state index in [9.17, 15) is 9.59 Å². The number of para-hydroxylation sites is 1. The van der Waals surface area contributed by atoms with Gasteiger partial charge in [-0.1, -0.05) is 30.3 Å². The molecule has 0 radical (unpaired) electrons. The van der Waals surface area contributed by atoms with Gasteiger partial charge >= 0.3 is 0 Å². The van der Waals surface area contributed by atoms with Gasteiger partial charge < -0.3 is 19.7 Å². The summed E-state index contributed by atoms with van der Waals surface area (Å²) in [5.41, 5.74) is 2.88. The SMILES string of the molecule is COc1cccc2c1OC[C@@H](CNC(=O)CCN1Cc3ccccc3C1=O)C2. The molecule has 0 bridgehead atoms. The number of amides is 2. The van der Waals surface area contributed by atoms with Crippen LogP contribution in [0.15, 0.2) is 42.5 Å². The number of nitrogens with zero attached hydrogens (tertiary/aromatic N) is 1. The molecule has 1 atom stereocenters. The fourth-order valence-corrected chi connectivity index (χ4v) is 3.83. The number of nitrogens with one attached hydrogen (secondary N) is 1. The van der Waals surface area contributed by atoms with Crippen LogP contribution in [0.25, 0.3) is 0 Å². The molecule has 0 unspecified atom stereocenters. The number of benzene rings is 2. The van der Waals surface area contributed by atoms with E-state index in [-0.39, 0.29) is 17.7 Å². The van der Waals surface area contributed by atoms with Gasteiger partial charge in [-0.3, -0.25) is 9.59 Å². The van der Waals surface area contributed by atoms with Crippen molar-refractivity contribution in [3.05, 3.63) is 59.2 Å². The van der Waals surface area contributed by atoms with Crippen molar-refractivity contribution in [1.29, 1.82) is 0 Å². The van der Waals surface area contributed by atoms with Crippen LogP contribution in [0.2, 0.25) is 0 Å². The van der Waals surface area contributed by atoms with Crippen LogP contribution >= 0.6 is 0 Å². The Balaban J connectivity index is 1.24. The van der Waals surface area contributed by atoms with Crippen LogP contribution in [0.1, 0.15) is 27.9 Å². The molecule has 2 amide bonds. The monoisotopic (exact) mass is 380 g/mol. The third kappa shape index (κ3) is 3.67. The second kappa shape index (κ2) is 7.92. The van der Waals surface area contributed by atoms with Gasteiger partial charge in [0.25, 0.3) is 5.91 Å². The molecule has 0 aromatic heterocycles. The normalized spacial score (nSPS) is 17.5. The first-order valence-electron chi connectivity index (χ1n) is 9.58. The fourth-order valence-electron chi connectivity index (χ4n) is 3.83. The van der Waals surface area contributed by atoms with Gasteiger partial charge in [0.1, 0.15) is 0 Å². The van der Waals surface area contributed by atoms with E-state index in [1.54, 1.807) is 12.0 Å². The smallest absolute Gasteiger partial charge is 0.254 e. The van der Waals surface area contributed by atoms with E-state index in [4.69, 9.17) is 9.47 Å². The van der Waals surface area contributed by atoms with Crippen molar-refractivity contribution in [2.24, 2.45) is 5.92 Å². The molecule has 2 aromatic carbocycles. The summed E-state index contributed by atoms with van der Waals surface area (Å²) in [6.45, 7) is 2.12. The van der Waals surface area contributed by atoms with Crippen molar-refractivity contribution in [3.63, 3.8) is 0 Å². The third-order valence-corrected chi connectivity index (χ3v) is 5.35. The Hall–Kier alpha value is -3.02. The first-order valence-corrected chi connectivity index (χ1v) is 9.58. The highest BCUT2D eigenvalue weighted by atomic mass is 16.5. The zero-order chi connectivity index (χ0) is 19.5. The molecule has 2 aliphatic heterocycles. The highest BCUT2D eigenvalue weighted by molar-refractivity contribution is 5.98. The van der Waals surface area contributed by atoms with Crippen LogP contribution in [0.5, 0.6) is 11.5 Å². The number of ether oxygens (including phenoxy) is 2. The number of rotatable bonds is 6. The van der Waals surface area contributed by atoms with Gasteiger partial charge in [-0.05, 0) is 29.7 Å². The lowest BCUT2D eigenvalue weighted by Crippen LogP contribution is -2.36. The lowest BCUT2D eigenvalue weighted by Gasteiger charge is -2.26. The maximum atomic E-state index is 12.4. The summed E-state index contributed by atoms with van der Waals surface area (Å²) < 4.78 is 11.2. The summed E-state index contributed by atoms with van der Waals surface area (Å²) in [5, 5.41) is 2.98. The van der Waals surface area contributed by atoms with Gasteiger partial charge in [0, 0.05) is 37.5 Å².